The minimum atomic E-state index is -0.205. The van der Waals surface area contributed by atoms with E-state index in [1.54, 1.807) is 0 Å². The third-order valence-corrected chi connectivity index (χ3v) is 4.09. The molecule has 0 aromatic heterocycles. The molecule has 0 heterocycles. The molecule has 0 amide bonds. The van der Waals surface area contributed by atoms with Crippen LogP contribution in [-0.4, -0.2) is 12.6 Å². The Morgan fingerprint density at radius 1 is 0.952 bits per heavy atom. The molecule has 0 saturated carbocycles. The Morgan fingerprint density at radius 3 is 2.19 bits per heavy atom. The molecule has 1 atom stereocenters. The van der Waals surface area contributed by atoms with Crippen LogP contribution in [0, 0.1) is 5.82 Å². The fourth-order valence-electron chi connectivity index (χ4n) is 2.36. The van der Waals surface area contributed by atoms with Gasteiger partial charge in [-0.05, 0) is 54.8 Å². The Balaban J connectivity index is 2.07. The average molecular weight is 326 g/mol. The molecule has 112 valence electrons. The van der Waals surface area contributed by atoms with Crippen LogP contribution < -0.4 is 5.32 Å². The van der Waals surface area contributed by atoms with Crippen LogP contribution in [0.2, 0.25) is 10.0 Å². The van der Waals surface area contributed by atoms with E-state index in [4.69, 9.17) is 23.2 Å². The summed E-state index contributed by atoms with van der Waals surface area (Å²) < 4.78 is 13.0. The first kappa shape index (κ1) is 16.3. The van der Waals surface area contributed by atoms with Gasteiger partial charge in [0.05, 0.1) is 10.0 Å². The first-order valence-corrected chi connectivity index (χ1v) is 7.76. The normalized spacial score (nSPS) is 12.4. The quantitative estimate of drug-likeness (QED) is 0.796. The van der Waals surface area contributed by atoms with Crippen molar-refractivity contribution in [2.24, 2.45) is 0 Å². The van der Waals surface area contributed by atoms with Gasteiger partial charge in [-0.3, -0.25) is 0 Å². The van der Waals surface area contributed by atoms with E-state index in [1.165, 1.54) is 12.1 Å². The van der Waals surface area contributed by atoms with E-state index in [2.05, 4.69) is 12.2 Å². The van der Waals surface area contributed by atoms with E-state index < -0.39 is 0 Å². The third kappa shape index (κ3) is 4.99. The molecular weight excluding hydrogens is 308 g/mol. The Bertz CT molecular complexity index is 584. The van der Waals surface area contributed by atoms with E-state index in [9.17, 15) is 4.39 Å². The predicted molar refractivity (Wildman–Crippen MR) is 87.7 cm³/mol. The van der Waals surface area contributed by atoms with E-state index in [1.807, 2.05) is 30.3 Å². The average Bonchev–Trinajstić information content (AvgIpc) is 2.46. The van der Waals surface area contributed by atoms with Crippen molar-refractivity contribution in [2.75, 3.05) is 6.54 Å². The van der Waals surface area contributed by atoms with Crippen LogP contribution >= 0.6 is 23.2 Å². The summed E-state index contributed by atoms with van der Waals surface area (Å²) >= 11 is 12.0. The van der Waals surface area contributed by atoms with Gasteiger partial charge in [0, 0.05) is 6.04 Å². The highest BCUT2D eigenvalue weighted by Gasteiger charge is 2.11. The Kier molecular flexibility index (Phi) is 6.04. The standard InChI is InChI=1S/C17H18Cl2FN/c1-2-21-15(9-12-3-6-14(20)7-4-12)10-13-5-8-16(18)17(19)11-13/h3-8,11,15,21H,2,9-10H2,1H3. The van der Waals surface area contributed by atoms with Gasteiger partial charge < -0.3 is 5.32 Å². The van der Waals surface area contributed by atoms with E-state index in [0.29, 0.717) is 10.0 Å². The van der Waals surface area contributed by atoms with Crippen LogP contribution in [0.5, 0.6) is 0 Å². The van der Waals surface area contributed by atoms with Crippen molar-refractivity contribution in [1.29, 1.82) is 0 Å². The van der Waals surface area contributed by atoms with Crippen molar-refractivity contribution in [3.63, 3.8) is 0 Å². The SMILES string of the molecule is CCNC(Cc1ccc(F)cc1)Cc1ccc(Cl)c(Cl)c1. The first-order valence-electron chi connectivity index (χ1n) is 7.00. The molecule has 1 unspecified atom stereocenters. The fraction of sp³-hybridized carbons (Fsp3) is 0.294. The maximum atomic E-state index is 13.0. The molecule has 2 rings (SSSR count). The monoisotopic (exact) mass is 325 g/mol. The Labute approximate surface area is 135 Å². The lowest BCUT2D eigenvalue weighted by Gasteiger charge is -2.18. The number of hydrogen-bond donors (Lipinski definition) is 1. The van der Waals surface area contributed by atoms with Crippen molar-refractivity contribution in [2.45, 2.75) is 25.8 Å². The topological polar surface area (TPSA) is 12.0 Å². The van der Waals surface area contributed by atoms with Gasteiger partial charge in [0.25, 0.3) is 0 Å². The summed E-state index contributed by atoms with van der Waals surface area (Å²) in [5.41, 5.74) is 2.25. The van der Waals surface area contributed by atoms with Crippen LogP contribution in [-0.2, 0) is 12.8 Å². The number of rotatable bonds is 6. The van der Waals surface area contributed by atoms with Crippen LogP contribution in [0.4, 0.5) is 4.39 Å². The van der Waals surface area contributed by atoms with Crippen molar-refractivity contribution < 1.29 is 4.39 Å². The zero-order valence-corrected chi connectivity index (χ0v) is 13.4. The van der Waals surface area contributed by atoms with E-state index >= 15 is 0 Å². The molecule has 4 heteroatoms. The maximum Gasteiger partial charge on any atom is 0.123 e. The zero-order valence-electron chi connectivity index (χ0n) is 11.9. The lowest BCUT2D eigenvalue weighted by atomic mass is 9.99. The van der Waals surface area contributed by atoms with Gasteiger partial charge in [0.15, 0.2) is 0 Å². The molecule has 0 spiro atoms. The summed E-state index contributed by atoms with van der Waals surface area (Å²) in [6, 6.07) is 12.6. The summed E-state index contributed by atoms with van der Waals surface area (Å²) in [5.74, 6) is -0.205. The maximum absolute atomic E-state index is 13.0. The summed E-state index contributed by atoms with van der Waals surface area (Å²) in [7, 11) is 0. The summed E-state index contributed by atoms with van der Waals surface area (Å²) in [6.07, 6.45) is 1.69. The molecule has 21 heavy (non-hydrogen) atoms. The van der Waals surface area contributed by atoms with Gasteiger partial charge in [0.2, 0.25) is 0 Å². The van der Waals surface area contributed by atoms with E-state index in [-0.39, 0.29) is 11.9 Å². The van der Waals surface area contributed by atoms with E-state index in [0.717, 1.165) is 30.5 Å². The fourth-order valence-corrected chi connectivity index (χ4v) is 2.68. The molecule has 0 aliphatic rings. The zero-order chi connectivity index (χ0) is 15.2. The Morgan fingerprint density at radius 2 is 1.57 bits per heavy atom. The largest absolute Gasteiger partial charge is 0.314 e. The van der Waals surface area contributed by atoms with Gasteiger partial charge in [-0.25, -0.2) is 4.39 Å². The van der Waals surface area contributed by atoms with Gasteiger partial charge in [0.1, 0.15) is 5.82 Å². The molecule has 0 bridgehead atoms. The summed E-state index contributed by atoms with van der Waals surface area (Å²) in [6.45, 7) is 2.96. The second kappa shape index (κ2) is 7.79. The molecule has 0 fully saturated rings. The van der Waals surface area contributed by atoms with Crippen molar-refractivity contribution in [3.05, 3.63) is 69.5 Å². The number of likely N-dealkylation sites (N-methyl/N-ethyl adjacent to an activating group) is 1. The minimum Gasteiger partial charge on any atom is -0.314 e. The van der Waals surface area contributed by atoms with Crippen molar-refractivity contribution >= 4 is 23.2 Å². The molecule has 2 aromatic carbocycles. The van der Waals surface area contributed by atoms with Crippen LogP contribution in [0.1, 0.15) is 18.1 Å². The van der Waals surface area contributed by atoms with Crippen LogP contribution in [0.25, 0.3) is 0 Å². The van der Waals surface area contributed by atoms with Crippen LogP contribution in [0.15, 0.2) is 42.5 Å². The number of benzene rings is 2. The summed E-state index contributed by atoms with van der Waals surface area (Å²) in [5, 5.41) is 4.60. The van der Waals surface area contributed by atoms with Crippen molar-refractivity contribution in [3.8, 4) is 0 Å². The molecular formula is C17H18Cl2FN. The second-order valence-corrected chi connectivity index (χ2v) is 5.85. The first-order chi connectivity index (χ1) is 10.1. The van der Waals surface area contributed by atoms with Gasteiger partial charge in [-0.2, -0.15) is 0 Å². The lowest BCUT2D eigenvalue weighted by molar-refractivity contribution is 0.521. The third-order valence-electron chi connectivity index (χ3n) is 3.35. The lowest BCUT2D eigenvalue weighted by Crippen LogP contribution is -2.33. The highest BCUT2D eigenvalue weighted by molar-refractivity contribution is 6.42. The highest BCUT2D eigenvalue weighted by Crippen LogP contribution is 2.23. The Hall–Kier alpha value is -1.09. The second-order valence-electron chi connectivity index (χ2n) is 5.04. The molecule has 0 aliphatic heterocycles. The smallest absolute Gasteiger partial charge is 0.123 e. The van der Waals surface area contributed by atoms with Gasteiger partial charge in [-0.15, -0.1) is 0 Å². The molecule has 0 aliphatic carbocycles. The molecule has 1 nitrogen and oxygen atoms in total. The van der Waals surface area contributed by atoms with Gasteiger partial charge in [-0.1, -0.05) is 48.3 Å². The predicted octanol–water partition coefficient (Wildman–Crippen LogP) is 4.90. The summed E-state index contributed by atoms with van der Waals surface area (Å²) in [4.78, 5) is 0. The molecule has 2 aromatic rings. The van der Waals surface area contributed by atoms with Crippen molar-refractivity contribution in [1.82, 2.24) is 5.32 Å². The highest BCUT2D eigenvalue weighted by atomic mass is 35.5. The van der Waals surface area contributed by atoms with Crippen LogP contribution in [0.3, 0.4) is 0 Å². The number of hydrogen-bond acceptors (Lipinski definition) is 1. The van der Waals surface area contributed by atoms with Gasteiger partial charge >= 0.3 is 0 Å². The number of nitrogens with one attached hydrogen (secondary N) is 1. The molecule has 1 N–H and O–H groups in total. The molecule has 0 radical (unpaired) electrons. The molecule has 0 saturated heterocycles. The minimum absolute atomic E-state index is 0.205. The number of halogens is 3.